The van der Waals surface area contributed by atoms with Crippen molar-refractivity contribution in [3.63, 3.8) is 0 Å². The Hall–Kier alpha value is -2.99. The van der Waals surface area contributed by atoms with Gasteiger partial charge in [-0.3, -0.25) is 0 Å². The van der Waals surface area contributed by atoms with Crippen LogP contribution in [0.15, 0.2) is 49.1 Å². The summed E-state index contributed by atoms with van der Waals surface area (Å²) in [5.41, 5.74) is 10.6. The van der Waals surface area contributed by atoms with Gasteiger partial charge in [-0.15, -0.1) is 0 Å². The van der Waals surface area contributed by atoms with Crippen molar-refractivity contribution in [2.45, 2.75) is 51.0 Å². The standard InChI is InChI=1S/C25H29N5O/c26-24-8-6-20-13-18(2-1-11-31)19(14-23(20)29-24)5-3-17-4-7-22(12-17)30-10-9-21-15-27-16-28-25(21)30/h6,8-10,13-17,22,31H,1-5,7,11-12H2,(H2,26,29). The highest BCUT2D eigenvalue weighted by atomic mass is 16.2. The molecular weight excluding hydrogens is 386 g/mol. The van der Waals surface area contributed by atoms with E-state index in [2.05, 4.69) is 43.9 Å². The van der Waals surface area contributed by atoms with E-state index in [9.17, 15) is 5.11 Å². The molecule has 1 fully saturated rings. The normalized spacial score (nSPS) is 18.9. The number of fused-ring (bicyclic) bond motifs is 2. The predicted octanol–water partition coefficient (Wildman–Crippen LogP) is 4.46. The minimum absolute atomic E-state index is 0.218. The summed E-state index contributed by atoms with van der Waals surface area (Å²) in [5.74, 6) is 1.27. The van der Waals surface area contributed by atoms with E-state index in [1.54, 1.807) is 6.33 Å². The third kappa shape index (κ3) is 4.12. The Bertz CT molecular complexity index is 1200. The number of hydrogen-bond donors (Lipinski definition) is 2. The van der Waals surface area contributed by atoms with Gasteiger partial charge in [0.05, 0.1) is 5.52 Å². The molecule has 2 unspecified atom stereocenters. The third-order valence-electron chi connectivity index (χ3n) is 6.74. The van der Waals surface area contributed by atoms with Crippen LogP contribution in [0.25, 0.3) is 21.9 Å². The van der Waals surface area contributed by atoms with Crippen molar-refractivity contribution in [3.8, 4) is 0 Å². The van der Waals surface area contributed by atoms with Gasteiger partial charge in [0.2, 0.25) is 0 Å². The van der Waals surface area contributed by atoms with Crippen LogP contribution in [0.3, 0.4) is 0 Å². The maximum atomic E-state index is 9.33. The number of aromatic nitrogens is 4. The molecular formula is C25H29N5O. The fourth-order valence-corrected chi connectivity index (χ4v) is 5.13. The predicted molar refractivity (Wildman–Crippen MR) is 124 cm³/mol. The van der Waals surface area contributed by atoms with E-state index >= 15 is 0 Å². The van der Waals surface area contributed by atoms with Crippen molar-refractivity contribution in [2.75, 3.05) is 12.3 Å². The topological polar surface area (TPSA) is 89.8 Å². The van der Waals surface area contributed by atoms with Gasteiger partial charge >= 0.3 is 0 Å². The summed E-state index contributed by atoms with van der Waals surface area (Å²) in [6.07, 6.45) is 13.2. The van der Waals surface area contributed by atoms with Gasteiger partial charge in [-0.1, -0.05) is 0 Å². The van der Waals surface area contributed by atoms with E-state index in [4.69, 9.17) is 5.73 Å². The molecule has 0 aliphatic heterocycles. The molecule has 5 rings (SSSR count). The largest absolute Gasteiger partial charge is 0.396 e. The van der Waals surface area contributed by atoms with Crippen LogP contribution in [0.4, 0.5) is 5.82 Å². The second-order valence-corrected chi connectivity index (χ2v) is 8.77. The van der Waals surface area contributed by atoms with Gasteiger partial charge in [-0.2, -0.15) is 0 Å². The van der Waals surface area contributed by atoms with Gasteiger partial charge in [-0.25, -0.2) is 15.0 Å². The molecule has 3 aromatic heterocycles. The van der Waals surface area contributed by atoms with Crippen LogP contribution in [0.1, 0.15) is 49.3 Å². The molecule has 0 saturated heterocycles. The van der Waals surface area contributed by atoms with Crippen LogP contribution in [0.2, 0.25) is 0 Å². The smallest absolute Gasteiger partial charge is 0.143 e. The minimum Gasteiger partial charge on any atom is -0.396 e. The quantitative estimate of drug-likeness (QED) is 0.465. The Kier molecular flexibility index (Phi) is 5.55. The Balaban J connectivity index is 1.31. The Morgan fingerprint density at radius 1 is 1.06 bits per heavy atom. The molecule has 0 spiro atoms. The molecule has 160 valence electrons. The summed E-state index contributed by atoms with van der Waals surface area (Å²) in [4.78, 5) is 13.2. The highest BCUT2D eigenvalue weighted by Gasteiger charge is 2.27. The van der Waals surface area contributed by atoms with Gasteiger partial charge in [-0.05, 0) is 92.3 Å². The molecule has 31 heavy (non-hydrogen) atoms. The first kappa shape index (κ1) is 19.9. The van der Waals surface area contributed by atoms with E-state index in [0.29, 0.717) is 17.8 Å². The average Bonchev–Trinajstić information content (AvgIpc) is 3.42. The number of benzene rings is 1. The number of anilines is 1. The summed E-state index contributed by atoms with van der Waals surface area (Å²) in [7, 11) is 0. The molecule has 1 aliphatic carbocycles. The Morgan fingerprint density at radius 3 is 2.87 bits per heavy atom. The van der Waals surface area contributed by atoms with Gasteiger partial charge in [0, 0.05) is 35.8 Å². The van der Waals surface area contributed by atoms with E-state index < -0.39 is 0 Å². The maximum absolute atomic E-state index is 9.33. The van der Waals surface area contributed by atoms with Crippen LogP contribution < -0.4 is 5.73 Å². The van der Waals surface area contributed by atoms with E-state index in [1.807, 2.05) is 18.3 Å². The van der Waals surface area contributed by atoms with Crippen molar-refractivity contribution in [1.29, 1.82) is 0 Å². The first-order valence-corrected chi connectivity index (χ1v) is 11.3. The lowest BCUT2D eigenvalue weighted by Gasteiger charge is -2.16. The lowest BCUT2D eigenvalue weighted by Crippen LogP contribution is -2.06. The molecule has 0 bridgehead atoms. The number of aliphatic hydroxyl groups is 1. The summed E-state index contributed by atoms with van der Waals surface area (Å²) < 4.78 is 2.34. The zero-order chi connectivity index (χ0) is 21.2. The van der Waals surface area contributed by atoms with Crippen molar-refractivity contribution in [3.05, 3.63) is 60.2 Å². The van der Waals surface area contributed by atoms with Crippen LogP contribution in [0, 0.1) is 5.92 Å². The first-order chi connectivity index (χ1) is 15.2. The van der Waals surface area contributed by atoms with Crippen molar-refractivity contribution in [2.24, 2.45) is 5.92 Å². The zero-order valence-corrected chi connectivity index (χ0v) is 17.7. The number of pyridine rings is 1. The van der Waals surface area contributed by atoms with Gasteiger partial charge in [0.25, 0.3) is 0 Å². The number of nitrogens with zero attached hydrogens (tertiary/aromatic N) is 4. The number of aliphatic hydroxyl groups excluding tert-OH is 1. The summed E-state index contributed by atoms with van der Waals surface area (Å²) in [5, 5.41) is 11.6. The lowest BCUT2D eigenvalue weighted by molar-refractivity contribution is 0.288. The molecule has 2 atom stereocenters. The van der Waals surface area contributed by atoms with Crippen molar-refractivity contribution in [1.82, 2.24) is 19.5 Å². The molecule has 3 heterocycles. The Labute approximate surface area is 182 Å². The van der Waals surface area contributed by atoms with E-state index in [1.165, 1.54) is 36.8 Å². The van der Waals surface area contributed by atoms with Crippen molar-refractivity contribution < 1.29 is 5.11 Å². The van der Waals surface area contributed by atoms with E-state index in [0.717, 1.165) is 41.2 Å². The van der Waals surface area contributed by atoms with Gasteiger partial charge < -0.3 is 15.4 Å². The summed E-state index contributed by atoms with van der Waals surface area (Å²) in [6, 6.07) is 11.0. The fraction of sp³-hybridized carbons (Fsp3) is 0.400. The monoisotopic (exact) mass is 415 g/mol. The third-order valence-corrected chi connectivity index (χ3v) is 6.74. The first-order valence-electron chi connectivity index (χ1n) is 11.3. The highest BCUT2D eigenvalue weighted by molar-refractivity contribution is 5.82. The lowest BCUT2D eigenvalue weighted by atomic mass is 9.92. The van der Waals surface area contributed by atoms with E-state index in [-0.39, 0.29) is 6.61 Å². The van der Waals surface area contributed by atoms with Crippen LogP contribution >= 0.6 is 0 Å². The molecule has 4 aromatic rings. The SMILES string of the molecule is Nc1ccc2cc(CCCO)c(CCC3CCC(n4ccc5cncnc54)C3)cc2n1. The zero-order valence-electron chi connectivity index (χ0n) is 17.7. The number of hydrogen-bond acceptors (Lipinski definition) is 5. The number of aryl methyl sites for hydroxylation is 2. The number of nitrogen functional groups attached to an aromatic ring is 1. The number of nitrogens with two attached hydrogens (primary N) is 1. The van der Waals surface area contributed by atoms with Gasteiger partial charge in [0.1, 0.15) is 17.8 Å². The molecule has 1 saturated carbocycles. The molecule has 0 radical (unpaired) electrons. The van der Waals surface area contributed by atoms with Crippen LogP contribution in [0.5, 0.6) is 0 Å². The molecule has 1 aromatic carbocycles. The Morgan fingerprint density at radius 2 is 1.97 bits per heavy atom. The average molecular weight is 416 g/mol. The molecule has 0 amide bonds. The minimum atomic E-state index is 0.218. The van der Waals surface area contributed by atoms with Crippen molar-refractivity contribution >= 4 is 27.8 Å². The summed E-state index contributed by atoms with van der Waals surface area (Å²) in [6.45, 7) is 0.218. The fourth-order valence-electron chi connectivity index (χ4n) is 5.13. The van der Waals surface area contributed by atoms with Gasteiger partial charge in [0.15, 0.2) is 0 Å². The molecule has 1 aliphatic rings. The van der Waals surface area contributed by atoms with Crippen LogP contribution in [-0.2, 0) is 12.8 Å². The number of rotatable bonds is 7. The molecule has 6 heteroatoms. The highest BCUT2D eigenvalue weighted by Crippen LogP contribution is 2.39. The summed E-state index contributed by atoms with van der Waals surface area (Å²) >= 11 is 0. The second-order valence-electron chi connectivity index (χ2n) is 8.77. The molecule has 6 nitrogen and oxygen atoms in total. The molecule has 3 N–H and O–H groups in total. The van der Waals surface area contributed by atoms with Crippen LogP contribution in [-0.4, -0.2) is 31.2 Å². The second kappa shape index (κ2) is 8.63. The maximum Gasteiger partial charge on any atom is 0.143 e.